The number of likely N-dealkylation sites (tertiary alicyclic amines) is 1. The predicted octanol–water partition coefficient (Wildman–Crippen LogP) is 6.51. The fourth-order valence-corrected chi connectivity index (χ4v) is 5.86. The van der Waals surface area contributed by atoms with Crippen molar-refractivity contribution in [3.63, 3.8) is 0 Å². The second kappa shape index (κ2) is 12.0. The normalized spacial score (nSPS) is 16.4. The largest absolute Gasteiger partial charge is 0.491 e. The Morgan fingerprint density at radius 2 is 1.75 bits per heavy atom. The quantitative estimate of drug-likeness (QED) is 0.287. The molecule has 0 bridgehead atoms. The van der Waals surface area contributed by atoms with Crippen molar-refractivity contribution in [2.45, 2.75) is 77.5 Å². The van der Waals surface area contributed by atoms with Gasteiger partial charge in [0.05, 0.1) is 18.8 Å². The summed E-state index contributed by atoms with van der Waals surface area (Å²) >= 11 is 0. The number of hydrogen-bond acceptors (Lipinski definition) is 5. The number of carbonyl (C=O) groups is 1. The van der Waals surface area contributed by atoms with Crippen LogP contribution in [-0.4, -0.2) is 41.7 Å². The number of carbonyl (C=O) groups excluding carboxylic acids is 1. The van der Waals surface area contributed by atoms with E-state index in [9.17, 15) is 14.0 Å². The zero-order valence-electron chi connectivity index (χ0n) is 23.9. The molecule has 212 valence electrons. The molecule has 2 aromatic carbocycles. The molecule has 1 saturated carbocycles. The lowest BCUT2D eigenvalue weighted by atomic mass is 9.93. The van der Waals surface area contributed by atoms with Crippen LogP contribution in [0.4, 0.5) is 4.39 Å². The van der Waals surface area contributed by atoms with Crippen LogP contribution in [0.25, 0.3) is 11.1 Å². The molecule has 1 aromatic heterocycles. The van der Waals surface area contributed by atoms with E-state index in [0.717, 1.165) is 49.4 Å². The fraction of sp³-hybridized carbons (Fsp3) is 0.455. The standard InChI is InChI=1S/C33H39FN2O4/c1-5-27-28(33(38)39-4)14-17-36(32(27)37)26-12-15-35(16-13-26)20-24-18-29(22-6-7-22)30(19-31(24)40-21(2)3)23-8-10-25(34)11-9-23/h8-11,14,17-19,21-22,26H,5-7,12-13,15-16,20H2,1-4H3. The average Bonchev–Trinajstić information content (AvgIpc) is 3.79. The second-order valence-corrected chi connectivity index (χ2v) is 11.3. The minimum Gasteiger partial charge on any atom is -0.491 e. The summed E-state index contributed by atoms with van der Waals surface area (Å²) in [4.78, 5) is 27.8. The molecule has 0 spiro atoms. The number of piperidine rings is 1. The van der Waals surface area contributed by atoms with E-state index in [-0.39, 0.29) is 23.5 Å². The number of methoxy groups -OCH3 is 1. The van der Waals surface area contributed by atoms with Crippen LogP contribution >= 0.6 is 0 Å². The maximum absolute atomic E-state index is 13.6. The van der Waals surface area contributed by atoms with Gasteiger partial charge in [0.25, 0.3) is 5.56 Å². The van der Waals surface area contributed by atoms with Gasteiger partial charge in [-0.3, -0.25) is 9.69 Å². The molecule has 7 heteroatoms. The first kappa shape index (κ1) is 28.1. The molecular weight excluding hydrogens is 507 g/mol. The van der Waals surface area contributed by atoms with Crippen molar-refractivity contribution in [3.8, 4) is 16.9 Å². The van der Waals surface area contributed by atoms with Gasteiger partial charge in [-0.2, -0.15) is 0 Å². The van der Waals surface area contributed by atoms with Crippen molar-refractivity contribution in [1.29, 1.82) is 0 Å². The molecule has 0 unspecified atom stereocenters. The summed E-state index contributed by atoms with van der Waals surface area (Å²) in [7, 11) is 1.34. The van der Waals surface area contributed by atoms with Gasteiger partial charge in [0.15, 0.2) is 0 Å². The van der Waals surface area contributed by atoms with Gasteiger partial charge in [0, 0.05) is 43.0 Å². The summed E-state index contributed by atoms with van der Waals surface area (Å²) in [6.45, 7) is 8.46. The van der Waals surface area contributed by atoms with Crippen LogP contribution < -0.4 is 10.3 Å². The first-order chi connectivity index (χ1) is 19.3. The molecule has 0 amide bonds. The van der Waals surface area contributed by atoms with E-state index in [1.165, 1.54) is 43.2 Å². The van der Waals surface area contributed by atoms with Crippen LogP contribution in [0.2, 0.25) is 0 Å². The van der Waals surface area contributed by atoms with Crippen molar-refractivity contribution in [3.05, 3.63) is 87.1 Å². The molecule has 2 fully saturated rings. The zero-order valence-corrected chi connectivity index (χ0v) is 23.9. The summed E-state index contributed by atoms with van der Waals surface area (Å²) in [5.41, 5.74) is 5.41. The highest BCUT2D eigenvalue weighted by Crippen LogP contribution is 2.47. The number of ether oxygens (including phenoxy) is 2. The van der Waals surface area contributed by atoms with Crippen LogP contribution in [-0.2, 0) is 17.7 Å². The monoisotopic (exact) mass is 546 g/mol. The van der Waals surface area contributed by atoms with E-state index < -0.39 is 5.97 Å². The first-order valence-corrected chi connectivity index (χ1v) is 14.4. The number of aromatic nitrogens is 1. The Labute approximate surface area is 235 Å². The van der Waals surface area contributed by atoms with Crippen molar-refractivity contribution in [1.82, 2.24) is 9.47 Å². The van der Waals surface area contributed by atoms with Gasteiger partial charge in [0.2, 0.25) is 0 Å². The highest BCUT2D eigenvalue weighted by atomic mass is 19.1. The molecule has 1 saturated heterocycles. The number of halogens is 1. The SMILES string of the molecule is CCc1c(C(=O)OC)ccn(C2CCN(Cc3cc(C4CC4)c(-c4ccc(F)cc4)cc3OC(C)C)CC2)c1=O. The molecule has 2 aliphatic rings. The predicted molar refractivity (Wildman–Crippen MR) is 155 cm³/mol. The molecular formula is C33H39FN2O4. The Bertz CT molecular complexity index is 1420. The number of nitrogens with zero attached hydrogens (tertiary/aromatic N) is 2. The summed E-state index contributed by atoms with van der Waals surface area (Å²) < 4.78 is 26.6. The highest BCUT2D eigenvalue weighted by molar-refractivity contribution is 5.90. The van der Waals surface area contributed by atoms with E-state index >= 15 is 0 Å². The maximum atomic E-state index is 13.6. The van der Waals surface area contributed by atoms with Gasteiger partial charge in [-0.25, -0.2) is 9.18 Å². The van der Waals surface area contributed by atoms with Crippen LogP contribution in [0, 0.1) is 5.82 Å². The summed E-state index contributed by atoms with van der Waals surface area (Å²) in [5.74, 6) is 0.711. The zero-order chi connectivity index (χ0) is 28.4. The molecule has 6 nitrogen and oxygen atoms in total. The van der Waals surface area contributed by atoms with Crippen molar-refractivity contribution in [2.75, 3.05) is 20.2 Å². The number of benzene rings is 2. The van der Waals surface area contributed by atoms with Crippen molar-refractivity contribution >= 4 is 5.97 Å². The van der Waals surface area contributed by atoms with Gasteiger partial charge in [-0.05, 0) is 98.9 Å². The maximum Gasteiger partial charge on any atom is 0.338 e. The van der Waals surface area contributed by atoms with Crippen LogP contribution in [0.15, 0.2) is 53.5 Å². The van der Waals surface area contributed by atoms with Gasteiger partial charge in [-0.15, -0.1) is 0 Å². The van der Waals surface area contributed by atoms with Crippen LogP contribution in [0.1, 0.15) is 85.5 Å². The van der Waals surface area contributed by atoms with Gasteiger partial charge in [0.1, 0.15) is 11.6 Å². The summed E-state index contributed by atoms with van der Waals surface area (Å²) in [5, 5.41) is 0. The third-order valence-electron chi connectivity index (χ3n) is 8.09. The van der Waals surface area contributed by atoms with E-state index in [4.69, 9.17) is 9.47 Å². The number of esters is 1. The van der Waals surface area contributed by atoms with E-state index in [1.54, 1.807) is 16.8 Å². The van der Waals surface area contributed by atoms with Gasteiger partial charge >= 0.3 is 5.97 Å². The molecule has 40 heavy (non-hydrogen) atoms. The Morgan fingerprint density at radius 1 is 1.05 bits per heavy atom. The Kier molecular flexibility index (Phi) is 8.40. The number of hydrogen-bond donors (Lipinski definition) is 0. The van der Waals surface area contributed by atoms with Crippen molar-refractivity contribution < 1.29 is 18.7 Å². The fourth-order valence-electron chi connectivity index (χ4n) is 5.86. The van der Waals surface area contributed by atoms with Crippen LogP contribution in [0.5, 0.6) is 5.75 Å². The average molecular weight is 547 g/mol. The van der Waals surface area contributed by atoms with Crippen LogP contribution in [0.3, 0.4) is 0 Å². The highest BCUT2D eigenvalue weighted by Gasteiger charge is 2.29. The third-order valence-corrected chi connectivity index (χ3v) is 8.09. The van der Waals surface area contributed by atoms with Crippen molar-refractivity contribution in [2.24, 2.45) is 0 Å². The Hall–Kier alpha value is -3.45. The smallest absolute Gasteiger partial charge is 0.338 e. The first-order valence-electron chi connectivity index (χ1n) is 14.4. The third kappa shape index (κ3) is 5.99. The second-order valence-electron chi connectivity index (χ2n) is 11.3. The van der Waals surface area contributed by atoms with E-state index in [1.807, 2.05) is 32.9 Å². The number of rotatable bonds is 9. The molecule has 1 aliphatic heterocycles. The lowest BCUT2D eigenvalue weighted by molar-refractivity contribution is 0.0598. The molecule has 0 N–H and O–H groups in total. The lowest BCUT2D eigenvalue weighted by Gasteiger charge is -2.34. The Morgan fingerprint density at radius 3 is 2.35 bits per heavy atom. The van der Waals surface area contributed by atoms with E-state index in [0.29, 0.717) is 23.5 Å². The minimum absolute atomic E-state index is 0.0323. The molecule has 5 rings (SSSR count). The topological polar surface area (TPSA) is 60.8 Å². The van der Waals surface area contributed by atoms with Gasteiger partial charge < -0.3 is 14.0 Å². The Balaban J connectivity index is 1.36. The summed E-state index contributed by atoms with van der Waals surface area (Å²) in [6.07, 6.45) is 6.32. The summed E-state index contributed by atoms with van der Waals surface area (Å²) in [6, 6.07) is 13.0. The number of pyridine rings is 1. The molecule has 3 aromatic rings. The molecule has 0 atom stereocenters. The molecule has 1 aliphatic carbocycles. The lowest BCUT2D eigenvalue weighted by Crippen LogP contribution is -2.38. The minimum atomic E-state index is -0.466. The molecule has 0 radical (unpaired) electrons. The molecule has 2 heterocycles. The van der Waals surface area contributed by atoms with Gasteiger partial charge in [-0.1, -0.05) is 19.1 Å². The van der Waals surface area contributed by atoms with E-state index in [2.05, 4.69) is 17.0 Å².